The molecule has 0 bridgehead atoms. The van der Waals surface area contributed by atoms with E-state index >= 15 is 0 Å². The lowest BCUT2D eigenvalue weighted by molar-refractivity contribution is 0.413. The van der Waals surface area contributed by atoms with E-state index in [2.05, 4.69) is 33.7 Å². The summed E-state index contributed by atoms with van der Waals surface area (Å²) < 4.78 is 5.00. The molecule has 1 aromatic heterocycles. The molecule has 7 nitrogen and oxygen atoms in total. The van der Waals surface area contributed by atoms with Crippen molar-refractivity contribution in [2.75, 3.05) is 19.5 Å². The third-order valence-corrected chi connectivity index (χ3v) is 2.85. The van der Waals surface area contributed by atoms with Gasteiger partial charge in [-0.15, -0.1) is 0 Å². The highest BCUT2D eigenvalue weighted by molar-refractivity contribution is 6.31. The fraction of sp³-hybridized carbons (Fsp3) is 0.231. The van der Waals surface area contributed by atoms with Crippen LogP contribution in [-0.4, -0.2) is 42.5 Å². The van der Waals surface area contributed by atoms with Crippen LogP contribution in [-0.2, 0) is 0 Å². The molecule has 0 aliphatic carbocycles. The van der Waals surface area contributed by atoms with Crippen molar-refractivity contribution in [2.24, 2.45) is 10.1 Å². The predicted molar refractivity (Wildman–Crippen MR) is 86.7 cm³/mol. The first-order valence-electron chi connectivity index (χ1n) is 5.90. The molecule has 0 spiro atoms. The molecule has 21 heavy (non-hydrogen) atoms. The Kier molecular flexibility index (Phi) is 5.86. The van der Waals surface area contributed by atoms with Gasteiger partial charge in [-0.2, -0.15) is 5.10 Å². The first-order chi connectivity index (χ1) is 9.88. The minimum atomic E-state index is -0.0974. The number of hydrogen-bond donors (Lipinski definition) is 2. The van der Waals surface area contributed by atoms with Crippen molar-refractivity contribution in [3.63, 3.8) is 0 Å². The van der Waals surface area contributed by atoms with Gasteiger partial charge in [0.2, 0.25) is 5.96 Å². The molecule has 2 N–H and O–H groups in total. The lowest BCUT2D eigenvalue weighted by Crippen LogP contribution is -2.18. The van der Waals surface area contributed by atoms with Crippen LogP contribution in [0.15, 0.2) is 34.5 Å². The number of nitrogens with zero attached hydrogens (tertiary/aromatic N) is 4. The van der Waals surface area contributed by atoms with Crippen LogP contribution < -0.4 is 10.1 Å². The highest BCUT2D eigenvalue weighted by Crippen LogP contribution is 2.23. The fourth-order valence-corrected chi connectivity index (χ4v) is 1.58. The summed E-state index contributed by atoms with van der Waals surface area (Å²) in [5.74, 6) is 0.753. The van der Waals surface area contributed by atoms with Gasteiger partial charge in [0.1, 0.15) is 5.82 Å². The third-order valence-electron chi connectivity index (χ3n) is 2.58. The Labute approximate surface area is 128 Å². The zero-order valence-electron chi connectivity index (χ0n) is 12.1. The van der Waals surface area contributed by atoms with Crippen LogP contribution in [0.25, 0.3) is 0 Å². The fourth-order valence-electron chi connectivity index (χ4n) is 1.34. The zero-order valence-corrected chi connectivity index (χ0v) is 12.9. The van der Waals surface area contributed by atoms with E-state index in [9.17, 15) is 0 Å². The molecule has 8 heteroatoms. The molecule has 0 aromatic carbocycles. The molecule has 0 unspecified atom stereocenters. The molecule has 112 valence electrons. The average molecular weight is 309 g/mol. The van der Waals surface area contributed by atoms with Gasteiger partial charge in [0.05, 0.1) is 18.5 Å². The molecule has 0 atom stereocenters. The maximum Gasteiger partial charge on any atom is 0.221 e. The molecular weight excluding hydrogens is 292 g/mol. The number of nitrogens with one attached hydrogen (secondary N) is 2. The predicted octanol–water partition coefficient (Wildman–Crippen LogP) is 2.61. The van der Waals surface area contributed by atoms with Crippen LogP contribution >= 0.6 is 11.6 Å². The van der Waals surface area contributed by atoms with Gasteiger partial charge in [-0.3, -0.25) is 10.4 Å². The topological polar surface area (TPSA) is 86.0 Å². The van der Waals surface area contributed by atoms with E-state index in [0.717, 1.165) is 0 Å². The summed E-state index contributed by atoms with van der Waals surface area (Å²) in [6.45, 7) is 8.91. The number of anilines is 1. The zero-order chi connectivity index (χ0) is 16.0. The molecule has 0 aliphatic rings. The second-order valence-electron chi connectivity index (χ2n) is 3.97. The van der Waals surface area contributed by atoms with Crippen LogP contribution in [0.4, 0.5) is 5.82 Å². The molecule has 0 radical (unpaired) electrons. The number of guanidine groups is 1. The smallest absolute Gasteiger partial charge is 0.221 e. The quantitative estimate of drug-likeness (QED) is 0.379. The number of halogens is 1. The Balaban J connectivity index is 2.79. The van der Waals surface area contributed by atoms with Crippen LogP contribution in [0.3, 0.4) is 0 Å². The Morgan fingerprint density at radius 1 is 1.52 bits per heavy atom. The number of hydrogen-bond acceptors (Lipinski definition) is 5. The van der Waals surface area contributed by atoms with Crippen molar-refractivity contribution in [3.8, 4) is 5.75 Å². The summed E-state index contributed by atoms with van der Waals surface area (Å²) in [7, 11) is 3.19. The van der Waals surface area contributed by atoms with E-state index in [-0.39, 0.29) is 11.1 Å². The number of hydrazone groups is 1. The number of rotatable bonds is 5. The van der Waals surface area contributed by atoms with Gasteiger partial charge < -0.3 is 10.1 Å². The monoisotopic (exact) mass is 308 g/mol. The summed E-state index contributed by atoms with van der Waals surface area (Å²) in [5.41, 5.74) is 1.07. The van der Waals surface area contributed by atoms with Crippen LogP contribution in [0.2, 0.25) is 5.15 Å². The van der Waals surface area contributed by atoms with Crippen molar-refractivity contribution in [2.45, 2.75) is 6.92 Å². The van der Waals surface area contributed by atoms with Crippen molar-refractivity contribution in [3.05, 3.63) is 29.6 Å². The molecule has 0 amide bonds. The first-order valence-corrected chi connectivity index (χ1v) is 6.28. The lowest BCUT2D eigenvalue weighted by atomic mass is 10.3. The summed E-state index contributed by atoms with van der Waals surface area (Å²) in [6.07, 6.45) is 0. The molecule has 0 saturated heterocycles. The molecule has 0 aliphatic heterocycles. The van der Waals surface area contributed by atoms with Crippen molar-refractivity contribution in [1.82, 2.24) is 9.99 Å². The summed E-state index contributed by atoms with van der Waals surface area (Å²) in [5, 5.41) is 15.9. The van der Waals surface area contributed by atoms with E-state index in [4.69, 9.17) is 21.7 Å². The minimum absolute atomic E-state index is 0.0974. The summed E-state index contributed by atoms with van der Waals surface area (Å²) >= 11 is 5.91. The van der Waals surface area contributed by atoms with E-state index in [1.165, 1.54) is 12.1 Å². The van der Waals surface area contributed by atoms with Crippen LogP contribution in [0.5, 0.6) is 5.75 Å². The van der Waals surface area contributed by atoms with Gasteiger partial charge in [0.15, 0.2) is 10.9 Å². The summed E-state index contributed by atoms with van der Waals surface area (Å²) in [4.78, 5) is 8.10. The number of aliphatic imine (C=N–C) groups is 1. The second-order valence-corrected chi connectivity index (χ2v) is 4.33. The van der Waals surface area contributed by atoms with E-state index in [0.29, 0.717) is 23.0 Å². The number of pyridine rings is 1. The van der Waals surface area contributed by atoms with Crippen LogP contribution in [0, 0.1) is 5.41 Å². The van der Waals surface area contributed by atoms with E-state index < -0.39 is 0 Å². The standard InChI is InChI=1S/C13H17ClN6O/c1-8(9(2)20(4)16-3)17-13(15)19-11-7-6-10(21-5)12(14)18-11/h6-7H,2-3H2,1,4-5H3,(H2,15,18,19)/b17-8+. The maximum atomic E-state index is 7.80. The van der Waals surface area contributed by atoms with Gasteiger partial charge in [-0.05, 0) is 19.1 Å². The molecule has 1 aromatic rings. The van der Waals surface area contributed by atoms with E-state index in [1.807, 2.05) is 0 Å². The molecule has 0 fully saturated rings. The highest BCUT2D eigenvalue weighted by atomic mass is 35.5. The Hall–Kier alpha value is -2.41. The molecule has 1 rings (SSSR count). The summed E-state index contributed by atoms with van der Waals surface area (Å²) in [6, 6.07) is 3.28. The third kappa shape index (κ3) is 4.57. The SMILES string of the molecule is C=NN(C)C(=C)/C(C)=N/C(=N)Nc1ccc(OC)c(Cl)n1. The number of allylic oxidation sites excluding steroid dienone is 1. The number of ether oxygens (including phenoxy) is 1. The molecule has 0 saturated carbocycles. The minimum Gasteiger partial charge on any atom is -0.494 e. The lowest BCUT2D eigenvalue weighted by Gasteiger charge is -2.14. The maximum absolute atomic E-state index is 7.80. The van der Waals surface area contributed by atoms with Gasteiger partial charge in [0.25, 0.3) is 0 Å². The largest absolute Gasteiger partial charge is 0.494 e. The van der Waals surface area contributed by atoms with Crippen molar-refractivity contribution in [1.29, 1.82) is 5.41 Å². The highest BCUT2D eigenvalue weighted by Gasteiger charge is 2.07. The number of methoxy groups -OCH3 is 1. The average Bonchev–Trinajstić information content (AvgIpc) is 2.45. The van der Waals surface area contributed by atoms with Gasteiger partial charge in [0, 0.05) is 13.8 Å². The second kappa shape index (κ2) is 7.39. The Morgan fingerprint density at radius 3 is 2.71 bits per heavy atom. The molecular formula is C13H17ClN6O. The van der Waals surface area contributed by atoms with Gasteiger partial charge >= 0.3 is 0 Å². The first kappa shape index (κ1) is 16.6. The van der Waals surface area contributed by atoms with E-state index in [1.54, 1.807) is 26.1 Å². The van der Waals surface area contributed by atoms with Crippen molar-refractivity contribution < 1.29 is 4.74 Å². The molecule has 1 heterocycles. The van der Waals surface area contributed by atoms with Crippen LogP contribution in [0.1, 0.15) is 6.92 Å². The van der Waals surface area contributed by atoms with Gasteiger partial charge in [-0.1, -0.05) is 18.2 Å². The normalized spacial score (nSPS) is 10.8. The number of aromatic nitrogens is 1. The Morgan fingerprint density at radius 2 is 2.19 bits per heavy atom. The van der Waals surface area contributed by atoms with Gasteiger partial charge in [-0.25, -0.2) is 9.98 Å². The Bertz CT molecular complexity index is 598. The van der Waals surface area contributed by atoms with Crippen molar-refractivity contribution >= 4 is 35.8 Å².